The summed E-state index contributed by atoms with van der Waals surface area (Å²) in [5, 5.41) is 4.49. The van der Waals surface area contributed by atoms with Crippen molar-refractivity contribution < 1.29 is 9.59 Å². The van der Waals surface area contributed by atoms with Gasteiger partial charge in [0.1, 0.15) is 5.69 Å². The van der Waals surface area contributed by atoms with Crippen LogP contribution in [-0.4, -0.2) is 42.2 Å². The van der Waals surface area contributed by atoms with E-state index in [1.54, 1.807) is 11.4 Å². The predicted octanol–water partition coefficient (Wildman–Crippen LogP) is 1.03. The lowest BCUT2D eigenvalue weighted by Crippen LogP contribution is -2.34. The fourth-order valence-corrected chi connectivity index (χ4v) is 2.73. The molecule has 102 valence electrons. The molecular weight excluding hydrogens is 264 g/mol. The number of carbonyl (C=O) groups is 2. The number of fused-ring (bicyclic) bond motifs is 1. The molecule has 0 saturated carbocycles. The van der Waals surface area contributed by atoms with Gasteiger partial charge in [0.15, 0.2) is 17.1 Å². The van der Waals surface area contributed by atoms with Gasteiger partial charge in [-0.3, -0.25) is 14.0 Å². The van der Waals surface area contributed by atoms with Crippen molar-refractivity contribution in [1.29, 1.82) is 0 Å². The normalized spacial score (nSPS) is 12.4. The van der Waals surface area contributed by atoms with E-state index in [1.807, 2.05) is 30.4 Å². The van der Waals surface area contributed by atoms with Crippen LogP contribution in [0.25, 0.3) is 4.96 Å². The topological polar surface area (TPSA) is 66.7 Å². The Labute approximate surface area is 115 Å². The van der Waals surface area contributed by atoms with Gasteiger partial charge in [-0.05, 0) is 0 Å². The van der Waals surface area contributed by atoms with Crippen molar-refractivity contribution in [3.8, 4) is 0 Å². The summed E-state index contributed by atoms with van der Waals surface area (Å²) in [4.78, 5) is 29.8. The molecule has 0 aliphatic heterocycles. The number of thiazole rings is 1. The highest BCUT2D eigenvalue weighted by Crippen LogP contribution is 2.23. The van der Waals surface area contributed by atoms with Gasteiger partial charge in [0.25, 0.3) is 0 Å². The minimum atomic E-state index is -0.172. The second-order valence-corrected chi connectivity index (χ2v) is 5.26. The maximum absolute atomic E-state index is 11.5. The van der Waals surface area contributed by atoms with Crippen LogP contribution in [0.2, 0.25) is 0 Å². The van der Waals surface area contributed by atoms with Crippen molar-refractivity contribution in [3.63, 3.8) is 0 Å². The SMILES string of the molecule is CNC(=O)C(C)CN(C)c1nc2sccn2c1C=O. The third-order valence-electron chi connectivity index (χ3n) is 2.99. The zero-order valence-corrected chi connectivity index (χ0v) is 11.9. The Bertz CT molecular complexity index is 604. The summed E-state index contributed by atoms with van der Waals surface area (Å²) in [7, 11) is 3.45. The number of hydrogen-bond acceptors (Lipinski definition) is 5. The van der Waals surface area contributed by atoms with Crippen LogP contribution in [0.15, 0.2) is 11.6 Å². The number of nitrogens with one attached hydrogen (secondary N) is 1. The first-order valence-corrected chi connectivity index (χ1v) is 6.80. The molecular formula is C12H16N4O2S. The molecule has 0 radical (unpaired) electrons. The van der Waals surface area contributed by atoms with Crippen molar-refractivity contribution in [2.45, 2.75) is 6.92 Å². The molecule has 19 heavy (non-hydrogen) atoms. The average molecular weight is 280 g/mol. The van der Waals surface area contributed by atoms with Crippen molar-refractivity contribution in [2.24, 2.45) is 5.92 Å². The summed E-state index contributed by atoms with van der Waals surface area (Å²) < 4.78 is 1.76. The molecule has 0 spiro atoms. The summed E-state index contributed by atoms with van der Waals surface area (Å²) >= 11 is 1.47. The predicted molar refractivity (Wildman–Crippen MR) is 75.0 cm³/mol. The molecule has 0 aliphatic rings. The van der Waals surface area contributed by atoms with E-state index in [-0.39, 0.29) is 11.8 Å². The first-order valence-electron chi connectivity index (χ1n) is 5.92. The Kier molecular flexibility index (Phi) is 3.84. The summed E-state index contributed by atoms with van der Waals surface area (Å²) in [6.45, 7) is 2.35. The minimum absolute atomic E-state index is 0.0273. The summed E-state index contributed by atoms with van der Waals surface area (Å²) in [5.74, 6) is 0.410. The van der Waals surface area contributed by atoms with Gasteiger partial charge in [0, 0.05) is 32.2 Å². The molecule has 7 heteroatoms. The molecule has 2 aromatic rings. The molecule has 1 N–H and O–H groups in total. The molecule has 0 bridgehead atoms. The van der Waals surface area contributed by atoms with Crippen LogP contribution < -0.4 is 10.2 Å². The number of nitrogens with zero attached hydrogens (tertiary/aromatic N) is 3. The third kappa shape index (κ3) is 2.46. The van der Waals surface area contributed by atoms with E-state index in [0.29, 0.717) is 18.1 Å². The van der Waals surface area contributed by atoms with Gasteiger partial charge in [-0.1, -0.05) is 6.92 Å². The average Bonchev–Trinajstić information content (AvgIpc) is 2.97. The first-order chi connectivity index (χ1) is 9.08. The van der Waals surface area contributed by atoms with Crippen molar-refractivity contribution >= 4 is 34.3 Å². The van der Waals surface area contributed by atoms with Gasteiger partial charge < -0.3 is 10.2 Å². The Balaban J connectivity index is 2.25. The second-order valence-electron chi connectivity index (χ2n) is 4.39. The number of carbonyl (C=O) groups excluding carboxylic acids is 2. The molecule has 2 heterocycles. The molecule has 0 aromatic carbocycles. The number of imidazole rings is 1. The number of rotatable bonds is 5. The first kappa shape index (κ1) is 13.5. The van der Waals surface area contributed by atoms with Gasteiger partial charge in [0.2, 0.25) is 5.91 Å². The molecule has 1 amide bonds. The number of hydrogen-bond donors (Lipinski definition) is 1. The molecule has 1 unspecified atom stereocenters. The van der Waals surface area contributed by atoms with Crippen LogP contribution in [0.5, 0.6) is 0 Å². The molecule has 0 aliphatic carbocycles. The number of anilines is 1. The van der Waals surface area contributed by atoms with E-state index in [1.165, 1.54) is 11.3 Å². The zero-order chi connectivity index (χ0) is 14.0. The van der Waals surface area contributed by atoms with E-state index in [2.05, 4.69) is 10.3 Å². The van der Waals surface area contributed by atoms with E-state index in [9.17, 15) is 9.59 Å². The highest BCUT2D eigenvalue weighted by atomic mass is 32.1. The molecule has 2 rings (SSSR count). The Morgan fingerprint density at radius 1 is 1.68 bits per heavy atom. The van der Waals surface area contributed by atoms with Crippen LogP contribution >= 0.6 is 11.3 Å². The van der Waals surface area contributed by atoms with Crippen LogP contribution in [0, 0.1) is 5.92 Å². The summed E-state index contributed by atoms with van der Waals surface area (Å²) in [6.07, 6.45) is 2.61. The Hall–Kier alpha value is -1.89. The Morgan fingerprint density at radius 3 is 3.05 bits per heavy atom. The van der Waals surface area contributed by atoms with Crippen LogP contribution in [0.1, 0.15) is 17.4 Å². The van der Waals surface area contributed by atoms with Crippen molar-refractivity contribution in [1.82, 2.24) is 14.7 Å². The van der Waals surface area contributed by atoms with Gasteiger partial charge in [-0.2, -0.15) is 0 Å². The van der Waals surface area contributed by atoms with E-state index in [0.717, 1.165) is 11.2 Å². The van der Waals surface area contributed by atoms with Gasteiger partial charge in [-0.15, -0.1) is 11.3 Å². The van der Waals surface area contributed by atoms with Gasteiger partial charge >= 0.3 is 0 Å². The molecule has 2 aromatic heterocycles. The number of amides is 1. The monoisotopic (exact) mass is 280 g/mol. The molecule has 0 fully saturated rings. The lowest BCUT2D eigenvalue weighted by atomic mass is 10.1. The van der Waals surface area contributed by atoms with Crippen LogP contribution in [0.3, 0.4) is 0 Å². The largest absolute Gasteiger partial charge is 0.359 e. The summed E-state index contributed by atoms with van der Waals surface area (Å²) in [6, 6.07) is 0. The number of aromatic nitrogens is 2. The minimum Gasteiger partial charge on any atom is -0.359 e. The van der Waals surface area contributed by atoms with Gasteiger partial charge in [0.05, 0.1) is 5.92 Å². The van der Waals surface area contributed by atoms with Gasteiger partial charge in [-0.25, -0.2) is 4.98 Å². The van der Waals surface area contributed by atoms with Crippen LogP contribution in [-0.2, 0) is 4.79 Å². The maximum Gasteiger partial charge on any atom is 0.224 e. The quantitative estimate of drug-likeness (QED) is 0.831. The third-order valence-corrected chi connectivity index (χ3v) is 3.75. The van der Waals surface area contributed by atoms with E-state index in [4.69, 9.17) is 0 Å². The van der Waals surface area contributed by atoms with E-state index >= 15 is 0 Å². The van der Waals surface area contributed by atoms with Crippen molar-refractivity contribution in [2.75, 3.05) is 25.5 Å². The fraction of sp³-hybridized carbons (Fsp3) is 0.417. The zero-order valence-electron chi connectivity index (χ0n) is 11.1. The van der Waals surface area contributed by atoms with Crippen molar-refractivity contribution in [3.05, 3.63) is 17.3 Å². The Morgan fingerprint density at radius 2 is 2.42 bits per heavy atom. The molecule has 1 atom stereocenters. The highest BCUT2D eigenvalue weighted by Gasteiger charge is 2.20. The van der Waals surface area contributed by atoms with E-state index < -0.39 is 0 Å². The second kappa shape index (κ2) is 5.40. The highest BCUT2D eigenvalue weighted by molar-refractivity contribution is 7.15. The molecule has 6 nitrogen and oxygen atoms in total. The standard InChI is InChI=1S/C12H16N4O2S/c1-8(11(18)13-2)6-15(3)10-9(7-17)16-4-5-19-12(16)14-10/h4-5,7-8H,6H2,1-3H3,(H,13,18). The fourth-order valence-electron chi connectivity index (χ4n) is 2.01. The lowest BCUT2D eigenvalue weighted by molar-refractivity contribution is -0.123. The number of aldehydes is 1. The lowest BCUT2D eigenvalue weighted by Gasteiger charge is -2.20. The maximum atomic E-state index is 11.5. The van der Waals surface area contributed by atoms with Crippen LogP contribution in [0.4, 0.5) is 5.82 Å². The molecule has 0 saturated heterocycles. The smallest absolute Gasteiger partial charge is 0.224 e. The summed E-state index contributed by atoms with van der Waals surface area (Å²) in [5.41, 5.74) is 0.517.